The molecule has 31 heavy (non-hydrogen) atoms. The minimum atomic E-state index is -3.51. The molecule has 2 aromatic carbocycles. The smallest absolute Gasteiger partial charge is 0.236 e. The summed E-state index contributed by atoms with van der Waals surface area (Å²) in [5.41, 5.74) is 2.65. The molecule has 1 aliphatic rings. The van der Waals surface area contributed by atoms with Gasteiger partial charge in [-0.3, -0.25) is 10.1 Å². The van der Waals surface area contributed by atoms with E-state index in [1.807, 2.05) is 66.1 Å². The number of rotatable bonds is 6. The maximum atomic E-state index is 12.8. The molecule has 1 N–H and O–H groups in total. The number of fused-ring (bicyclic) bond motifs is 1. The number of hydrogen-bond acceptors (Lipinski definition) is 4. The monoisotopic (exact) mass is 438 g/mol. The van der Waals surface area contributed by atoms with Gasteiger partial charge in [0.25, 0.3) is 0 Å². The Morgan fingerprint density at radius 1 is 1.10 bits per heavy atom. The minimum Gasteiger partial charge on any atom is -0.310 e. The van der Waals surface area contributed by atoms with Crippen LogP contribution in [0.4, 0.5) is 5.95 Å². The zero-order chi connectivity index (χ0) is 21.8. The summed E-state index contributed by atoms with van der Waals surface area (Å²) >= 11 is 0. The van der Waals surface area contributed by atoms with E-state index >= 15 is 0 Å². The van der Waals surface area contributed by atoms with E-state index in [1.165, 1.54) is 9.71 Å². The molecule has 0 saturated carbocycles. The van der Waals surface area contributed by atoms with E-state index in [0.29, 0.717) is 38.4 Å². The number of anilines is 1. The van der Waals surface area contributed by atoms with E-state index in [-0.39, 0.29) is 11.8 Å². The Morgan fingerprint density at radius 3 is 2.48 bits per heavy atom. The molecule has 1 amide bonds. The summed E-state index contributed by atoms with van der Waals surface area (Å²) in [6, 6.07) is 17.1. The van der Waals surface area contributed by atoms with Crippen LogP contribution in [0.15, 0.2) is 60.0 Å². The van der Waals surface area contributed by atoms with E-state index in [2.05, 4.69) is 10.3 Å². The normalized spacial score (nSPS) is 16.2. The van der Waals surface area contributed by atoms with Gasteiger partial charge in [0.05, 0.1) is 11.0 Å². The Hall–Kier alpha value is -2.97. The van der Waals surface area contributed by atoms with Gasteiger partial charge in [0, 0.05) is 31.0 Å². The number of nitrogens with zero attached hydrogens (tertiary/aromatic N) is 3. The lowest BCUT2D eigenvalue weighted by Crippen LogP contribution is -2.40. The summed E-state index contributed by atoms with van der Waals surface area (Å²) < 4.78 is 28.7. The van der Waals surface area contributed by atoms with Crippen molar-refractivity contribution in [2.24, 2.45) is 5.92 Å². The molecular formula is C23H26N4O3S. The molecule has 3 aromatic rings. The number of hydrogen-bond donors (Lipinski definition) is 1. The third-order valence-corrected chi connectivity index (χ3v) is 7.19. The van der Waals surface area contributed by atoms with Crippen LogP contribution in [0, 0.1) is 5.92 Å². The first-order chi connectivity index (χ1) is 15.0. The predicted octanol–water partition coefficient (Wildman–Crippen LogP) is 3.71. The van der Waals surface area contributed by atoms with Crippen LogP contribution in [0.2, 0.25) is 0 Å². The second-order valence-corrected chi connectivity index (χ2v) is 9.41. The molecule has 1 aromatic heterocycles. The van der Waals surface area contributed by atoms with Gasteiger partial charge in [-0.15, -0.1) is 0 Å². The van der Waals surface area contributed by atoms with Crippen molar-refractivity contribution < 1.29 is 13.2 Å². The van der Waals surface area contributed by atoms with Crippen molar-refractivity contribution in [3.63, 3.8) is 0 Å². The quantitative estimate of drug-likeness (QED) is 0.636. The fourth-order valence-electron chi connectivity index (χ4n) is 3.89. The van der Waals surface area contributed by atoms with Crippen LogP contribution >= 0.6 is 0 Å². The van der Waals surface area contributed by atoms with Gasteiger partial charge in [0.1, 0.15) is 0 Å². The molecular weight excluding hydrogens is 412 g/mol. The minimum absolute atomic E-state index is 0.109. The molecule has 4 rings (SSSR count). The van der Waals surface area contributed by atoms with Crippen LogP contribution < -0.4 is 5.32 Å². The number of imidazole rings is 1. The Morgan fingerprint density at radius 2 is 1.77 bits per heavy atom. The molecule has 2 heterocycles. The van der Waals surface area contributed by atoms with Crippen LogP contribution in [0.5, 0.6) is 0 Å². The van der Waals surface area contributed by atoms with Gasteiger partial charge in [-0.25, -0.2) is 13.4 Å². The number of para-hydroxylation sites is 2. The van der Waals surface area contributed by atoms with E-state index in [4.69, 9.17) is 0 Å². The number of piperidine rings is 1. The summed E-state index contributed by atoms with van der Waals surface area (Å²) in [6.45, 7) is 3.35. The fraction of sp³-hybridized carbons (Fsp3) is 0.304. The Kier molecular flexibility index (Phi) is 6.20. The molecule has 1 fully saturated rings. The van der Waals surface area contributed by atoms with Crippen molar-refractivity contribution in [1.82, 2.24) is 13.9 Å². The highest BCUT2D eigenvalue weighted by atomic mass is 32.2. The largest absolute Gasteiger partial charge is 0.310 e. The summed E-state index contributed by atoms with van der Waals surface area (Å²) in [4.78, 5) is 17.4. The Labute approximate surface area is 182 Å². The fourth-order valence-corrected chi connectivity index (χ4v) is 5.11. The average Bonchev–Trinajstić information content (AvgIpc) is 3.15. The molecule has 0 atom stereocenters. The number of benzene rings is 2. The first-order valence-electron chi connectivity index (χ1n) is 10.5. The summed E-state index contributed by atoms with van der Waals surface area (Å²) in [5, 5.41) is 4.19. The molecule has 0 bridgehead atoms. The zero-order valence-electron chi connectivity index (χ0n) is 17.4. The van der Waals surface area contributed by atoms with Gasteiger partial charge in [0.15, 0.2) is 0 Å². The third kappa shape index (κ3) is 4.70. The van der Waals surface area contributed by atoms with Crippen LogP contribution in [-0.2, 0) is 21.4 Å². The maximum absolute atomic E-state index is 12.8. The number of carbonyl (C=O) groups is 1. The lowest BCUT2D eigenvalue weighted by atomic mass is 9.97. The van der Waals surface area contributed by atoms with Gasteiger partial charge in [-0.1, -0.05) is 42.5 Å². The number of sulfonamides is 1. The molecule has 1 saturated heterocycles. The molecule has 0 radical (unpaired) electrons. The summed E-state index contributed by atoms with van der Waals surface area (Å²) in [7, 11) is -3.51. The highest BCUT2D eigenvalue weighted by Gasteiger charge is 2.30. The second-order valence-electron chi connectivity index (χ2n) is 7.59. The SMILES string of the molecule is CCn1c(NC(=O)C2CCN(S(=O)(=O)/C=C/c3ccccc3)CC2)nc2ccccc21. The number of aromatic nitrogens is 2. The van der Waals surface area contributed by atoms with Crippen molar-refractivity contribution in [1.29, 1.82) is 0 Å². The first kappa shape index (κ1) is 21.3. The highest BCUT2D eigenvalue weighted by Crippen LogP contribution is 2.24. The van der Waals surface area contributed by atoms with Gasteiger partial charge >= 0.3 is 0 Å². The summed E-state index contributed by atoms with van der Waals surface area (Å²) in [6.07, 6.45) is 2.57. The maximum Gasteiger partial charge on any atom is 0.236 e. The predicted molar refractivity (Wildman–Crippen MR) is 123 cm³/mol. The van der Waals surface area contributed by atoms with E-state index < -0.39 is 10.0 Å². The number of carbonyl (C=O) groups excluding carboxylic acids is 1. The lowest BCUT2D eigenvalue weighted by molar-refractivity contribution is -0.121. The topological polar surface area (TPSA) is 84.3 Å². The van der Waals surface area contributed by atoms with Crippen molar-refractivity contribution in [2.45, 2.75) is 26.3 Å². The molecule has 7 nitrogen and oxygen atoms in total. The van der Waals surface area contributed by atoms with Crippen LogP contribution in [-0.4, -0.2) is 41.3 Å². The molecule has 0 aliphatic carbocycles. The van der Waals surface area contributed by atoms with Crippen LogP contribution in [0.1, 0.15) is 25.3 Å². The third-order valence-electron chi connectivity index (χ3n) is 5.62. The lowest BCUT2D eigenvalue weighted by Gasteiger charge is -2.29. The van der Waals surface area contributed by atoms with Gasteiger partial charge < -0.3 is 4.57 Å². The number of nitrogens with one attached hydrogen (secondary N) is 1. The van der Waals surface area contributed by atoms with E-state index in [0.717, 1.165) is 16.6 Å². The zero-order valence-corrected chi connectivity index (χ0v) is 18.3. The first-order valence-corrected chi connectivity index (χ1v) is 12.0. The van der Waals surface area contributed by atoms with Gasteiger partial charge in [-0.2, -0.15) is 4.31 Å². The van der Waals surface area contributed by atoms with E-state index in [1.54, 1.807) is 6.08 Å². The highest BCUT2D eigenvalue weighted by molar-refractivity contribution is 7.92. The molecule has 8 heteroatoms. The van der Waals surface area contributed by atoms with Gasteiger partial charge in [-0.05, 0) is 43.5 Å². The molecule has 1 aliphatic heterocycles. The van der Waals surface area contributed by atoms with E-state index in [9.17, 15) is 13.2 Å². The molecule has 162 valence electrons. The van der Waals surface area contributed by atoms with Crippen molar-refractivity contribution >= 4 is 39.0 Å². The standard InChI is InChI=1S/C23H26N4O3S/c1-2-27-21-11-7-6-10-20(21)24-23(27)25-22(28)19-12-15-26(16-13-19)31(29,30)17-14-18-8-4-3-5-9-18/h3-11,14,17,19H,2,12-13,15-16H2,1H3,(H,24,25,28)/b17-14+. The van der Waals surface area contributed by atoms with Crippen molar-refractivity contribution in [3.8, 4) is 0 Å². The second kappa shape index (κ2) is 9.03. The van der Waals surface area contributed by atoms with Crippen LogP contribution in [0.3, 0.4) is 0 Å². The van der Waals surface area contributed by atoms with Crippen molar-refractivity contribution in [2.75, 3.05) is 18.4 Å². The molecule has 0 spiro atoms. The van der Waals surface area contributed by atoms with Crippen LogP contribution in [0.25, 0.3) is 17.1 Å². The Bertz CT molecular complexity index is 1190. The Balaban J connectivity index is 1.38. The average molecular weight is 439 g/mol. The summed E-state index contributed by atoms with van der Waals surface area (Å²) in [5.74, 6) is 0.186. The number of amides is 1. The number of aryl methyl sites for hydroxylation is 1. The molecule has 0 unspecified atom stereocenters. The van der Waals surface area contributed by atoms with Crippen molar-refractivity contribution in [3.05, 3.63) is 65.6 Å². The van der Waals surface area contributed by atoms with Gasteiger partial charge in [0.2, 0.25) is 21.9 Å².